The largest absolute Gasteiger partial charge is 0.508 e. The molecule has 17 nitrogen and oxygen atoms in total. The van der Waals surface area contributed by atoms with Gasteiger partial charge in [0, 0.05) is 33.8 Å². The minimum atomic E-state index is -2.48. The summed E-state index contributed by atoms with van der Waals surface area (Å²) in [6, 6.07) is 5.86. The fraction of sp³-hybridized carbons (Fsp3) is 0.552. The zero-order valence-corrected chi connectivity index (χ0v) is 25.3. The Morgan fingerprint density at radius 1 is 0.826 bits per heavy atom. The Labute approximate surface area is 262 Å². The van der Waals surface area contributed by atoms with Gasteiger partial charge < -0.3 is 58.3 Å². The summed E-state index contributed by atoms with van der Waals surface area (Å²) in [4.78, 5) is 59.8. The summed E-state index contributed by atoms with van der Waals surface area (Å²) in [5.41, 5.74) is 0.404. The fourth-order valence-electron chi connectivity index (χ4n) is 4.60. The van der Waals surface area contributed by atoms with E-state index in [1.165, 1.54) is 24.3 Å². The zero-order chi connectivity index (χ0) is 34.2. The van der Waals surface area contributed by atoms with Gasteiger partial charge in [-0.2, -0.15) is 0 Å². The van der Waals surface area contributed by atoms with Crippen LogP contribution in [-0.4, -0.2) is 125 Å². The molecule has 254 valence electrons. The molecule has 0 radical (unpaired) electrons. The van der Waals surface area contributed by atoms with Crippen LogP contribution >= 0.6 is 0 Å². The summed E-state index contributed by atoms with van der Waals surface area (Å²) in [5, 5.41) is 42.4. The molecule has 0 aromatic heterocycles. The lowest BCUT2D eigenvalue weighted by Crippen LogP contribution is -2.64. The molecule has 0 saturated carbocycles. The Morgan fingerprint density at radius 3 is 2.04 bits per heavy atom. The van der Waals surface area contributed by atoms with E-state index < -0.39 is 104 Å². The van der Waals surface area contributed by atoms with E-state index in [2.05, 4.69) is 0 Å². The third kappa shape index (κ3) is 9.68. The van der Waals surface area contributed by atoms with E-state index in [0.717, 1.165) is 33.8 Å². The summed E-state index contributed by atoms with van der Waals surface area (Å²) in [6.45, 7) is 2.11. The van der Waals surface area contributed by atoms with Gasteiger partial charge in [0.2, 0.25) is 12.1 Å². The Kier molecular flexibility index (Phi) is 12.6. The Bertz CT molecular complexity index is 1290. The molecule has 4 N–H and O–H groups in total. The molecule has 1 aromatic rings. The maximum Gasteiger partial charge on any atom is 0.331 e. The number of ether oxygens (including phenoxy) is 8. The first-order valence-corrected chi connectivity index (χ1v) is 13.9. The lowest BCUT2D eigenvalue weighted by Gasteiger charge is -2.44. The third-order valence-electron chi connectivity index (χ3n) is 6.64. The molecule has 0 amide bonds. The highest BCUT2D eigenvalue weighted by atomic mass is 16.8. The van der Waals surface area contributed by atoms with Gasteiger partial charge in [-0.15, -0.1) is 0 Å². The van der Waals surface area contributed by atoms with Gasteiger partial charge in [-0.1, -0.05) is 12.1 Å². The Hall–Kier alpha value is -4.13. The molecule has 2 aliphatic heterocycles. The highest BCUT2D eigenvalue weighted by Crippen LogP contribution is 2.39. The van der Waals surface area contributed by atoms with Crippen molar-refractivity contribution in [3.8, 4) is 5.75 Å². The minimum absolute atomic E-state index is 0.0774. The molecule has 3 rings (SSSR count). The van der Waals surface area contributed by atoms with Crippen LogP contribution in [-0.2, 0) is 61.9 Å². The van der Waals surface area contributed by atoms with E-state index in [1.807, 2.05) is 0 Å². The summed E-state index contributed by atoms with van der Waals surface area (Å²) >= 11 is 0. The van der Waals surface area contributed by atoms with Crippen LogP contribution in [0.25, 0.3) is 6.08 Å². The second kappa shape index (κ2) is 15.9. The van der Waals surface area contributed by atoms with E-state index in [4.69, 9.17) is 37.9 Å². The number of aromatic hydroxyl groups is 1. The second-order valence-corrected chi connectivity index (χ2v) is 10.3. The number of aliphatic hydroxyl groups excluding tert-OH is 3. The maximum atomic E-state index is 13.0. The SMILES string of the molecule is CC(=O)OC[C@H]1O[C@@](COC(C)=O)(O[C@H]2O[C@H](COC(C)=O)[C@@H](O)[C@H](O)[C@H]2OC(C)=O)[C@@H](OC(=O)/C=C\c2cccc(O)c2)[C@@H]1O. The molecular formula is C29H36O17. The van der Waals surface area contributed by atoms with E-state index in [-0.39, 0.29) is 5.75 Å². The van der Waals surface area contributed by atoms with Gasteiger partial charge in [-0.05, 0) is 23.8 Å². The van der Waals surface area contributed by atoms with Gasteiger partial charge in [0.05, 0.1) is 0 Å². The van der Waals surface area contributed by atoms with Gasteiger partial charge >= 0.3 is 29.8 Å². The van der Waals surface area contributed by atoms with Crippen molar-refractivity contribution < 1.29 is 82.3 Å². The summed E-state index contributed by atoms with van der Waals surface area (Å²) in [5.74, 6) is -6.97. The predicted molar refractivity (Wildman–Crippen MR) is 148 cm³/mol. The van der Waals surface area contributed by atoms with Gasteiger partial charge in [0.1, 0.15) is 56.1 Å². The van der Waals surface area contributed by atoms with Crippen molar-refractivity contribution >= 4 is 35.9 Å². The summed E-state index contributed by atoms with van der Waals surface area (Å²) in [6.07, 6.45) is -11.7. The predicted octanol–water partition coefficient (Wildman–Crippen LogP) is -1.14. The number of esters is 5. The molecule has 2 fully saturated rings. The minimum Gasteiger partial charge on any atom is -0.508 e. The van der Waals surface area contributed by atoms with Crippen molar-refractivity contribution in [3.05, 3.63) is 35.9 Å². The number of aliphatic hydroxyl groups is 3. The molecule has 17 heteroatoms. The molecule has 2 aliphatic rings. The first-order valence-electron chi connectivity index (χ1n) is 13.9. The van der Waals surface area contributed by atoms with Crippen molar-refractivity contribution in [1.29, 1.82) is 0 Å². The average Bonchev–Trinajstić information content (AvgIpc) is 3.22. The molecule has 0 bridgehead atoms. The van der Waals surface area contributed by atoms with Gasteiger partial charge in [0.25, 0.3) is 0 Å². The van der Waals surface area contributed by atoms with Crippen molar-refractivity contribution in [2.24, 2.45) is 0 Å². The number of hydrogen-bond acceptors (Lipinski definition) is 17. The smallest absolute Gasteiger partial charge is 0.331 e. The van der Waals surface area contributed by atoms with Crippen LogP contribution in [0.2, 0.25) is 0 Å². The zero-order valence-electron chi connectivity index (χ0n) is 25.3. The van der Waals surface area contributed by atoms with Crippen LogP contribution in [0.4, 0.5) is 0 Å². The summed E-state index contributed by atoms with van der Waals surface area (Å²) in [7, 11) is 0. The number of rotatable bonds is 12. The third-order valence-corrected chi connectivity index (χ3v) is 6.64. The van der Waals surface area contributed by atoms with E-state index in [0.29, 0.717) is 5.56 Å². The van der Waals surface area contributed by atoms with Gasteiger partial charge in [-0.25, -0.2) is 4.79 Å². The molecule has 1 aromatic carbocycles. The number of phenolic OH excluding ortho intramolecular Hbond substituents is 1. The van der Waals surface area contributed by atoms with Gasteiger partial charge in [-0.3, -0.25) is 19.2 Å². The quantitative estimate of drug-likeness (QED) is 0.118. The number of carbonyl (C=O) groups is 5. The molecule has 46 heavy (non-hydrogen) atoms. The molecule has 9 atom stereocenters. The number of phenols is 1. The monoisotopic (exact) mass is 656 g/mol. The summed E-state index contributed by atoms with van der Waals surface area (Å²) < 4.78 is 43.3. The molecular weight excluding hydrogens is 620 g/mol. The first-order chi connectivity index (χ1) is 21.6. The molecule has 2 heterocycles. The Balaban J connectivity index is 2.02. The van der Waals surface area contributed by atoms with Crippen LogP contribution in [0.15, 0.2) is 30.3 Å². The highest BCUT2D eigenvalue weighted by Gasteiger charge is 2.62. The lowest BCUT2D eigenvalue weighted by molar-refractivity contribution is -0.384. The normalized spacial score (nSPS) is 30.8. The standard InChI is InChI=1S/C29H36O17/c1-14(30)39-11-20-23(36)25(38)26(42-17(4)33)28(43-20)46-29(13-41-16(3)32)27(24(37)21(45-29)12-40-15(2)31)44-22(35)9-8-18-6-5-7-19(34)10-18/h5-10,20-21,23-28,34,36-38H,11-13H2,1-4H3/b9-8-/t20-,21-,23-,24-,25+,26-,27+,28-,29+/m1/s1. The van der Waals surface area contributed by atoms with Crippen LogP contribution in [0.3, 0.4) is 0 Å². The Morgan fingerprint density at radius 2 is 1.46 bits per heavy atom. The topological polar surface area (TPSA) is 240 Å². The maximum absolute atomic E-state index is 13.0. The van der Waals surface area contributed by atoms with E-state index in [1.54, 1.807) is 6.07 Å². The molecule has 0 spiro atoms. The van der Waals surface area contributed by atoms with Crippen molar-refractivity contribution in [2.45, 2.75) is 82.5 Å². The van der Waals surface area contributed by atoms with Crippen LogP contribution in [0.1, 0.15) is 33.3 Å². The fourth-order valence-corrected chi connectivity index (χ4v) is 4.60. The van der Waals surface area contributed by atoms with E-state index >= 15 is 0 Å². The number of benzene rings is 1. The molecule has 0 unspecified atom stereocenters. The van der Waals surface area contributed by atoms with Crippen molar-refractivity contribution in [1.82, 2.24) is 0 Å². The number of carbonyl (C=O) groups excluding carboxylic acids is 5. The lowest BCUT2D eigenvalue weighted by atomic mass is 9.98. The molecule has 0 aliphatic carbocycles. The van der Waals surface area contributed by atoms with Crippen molar-refractivity contribution in [3.63, 3.8) is 0 Å². The average molecular weight is 657 g/mol. The number of hydrogen-bond donors (Lipinski definition) is 4. The van der Waals surface area contributed by atoms with E-state index in [9.17, 15) is 44.4 Å². The van der Waals surface area contributed by atoms with Crippen LogP contribution in [0, 0.1) is 0 Å². The van der Waals surface area contributed by atoms with Gasteiger partial charge in [0.15, 0.2) is 12.2 Å². The highest BCUT2D eigenvalue weighted by molar-refractivity contribution is 5.87. The first kappa shape index (κ1) is 36.3. The molecule has 2 saturated heterocycles. The second-order valence-electron chi connectivity index (χ2n) is 10.3. The van der Waals surface area contributed by atoms with Crippen LogP contribution < -0.4 is 0 Å². The van der Waals surface area contributed by atoms with Crippen molar-refractivity contribution in [2.75, 3.05) is 19.8 Å². The van der Waals surface area contributed by atoms with Crippen LogP contribution in [0.5, 0.6) is 5.75 Å².